The molecule has 0 aromatic carbocycles. The number of ether oxygens (including phenoxy) is 1. The van der Waals surface area contributed by atoms with E-state index in [0.717, 1.165) is 24.4 Å². The molecule has 3 heterocycles. The summed E-state index contributed by atoms with van der Waals surface area (Å²) in [7, 11) is 0. The highest BCUT2D eigenvalue weighted by Gasteiger charge is 2.39. The summed E-state index contributed by atoms with van der Waals surface area (Å²) in [4.78, 5) is 19.2. The number of aryl methyl sites for hydroxylation is 2. The molecule has 1 saturated carbocycles. The van der Waals surface area contributed by atoms with E-state index in [-0.39, 0.29) is 24.0 Å². The smallest absolute Gasteiger partial charge is 0.226 e. The minimum atomic E-state index is -0.338. The van der Waals surface area contributed by atoms with Crippen LogP contribution in [0.25, 0.3) is 0 Å². The lowest BCUT2D eigenvalue weighted by molar-refractivity contribution is -0.146. The summed E-state index contributed by atoms with van der Waals surface area (Å²) < 4.78 is 7.89. The van der Waals surface area contributed by atoms with Gasteiger partial charge >= 0.3 is 0 Å². The van der Waals surface area contributed by atoms with Gasteiger partial charge in [0.05, 0.1) is 30.6 Å². The number of amides is 1. The molecule has 1 fully saturated rings. The summed E-state index contributed by atoms with van der Waals surface area (Å²) >= 11 is 0. The molecule has 26 heavy (non-hydrogen) atoms. The van der Waals surface area contributed by atoms with E-state index in [0.29, 0.717) is 31.7 Å². The molecule has 0 saturated heterocycles. The van der Waals surface area contributed by atoms with E-state index in [1.807, 2.05) is 34.7 Å². The van der Waals surface area contributed by atoms with Crippen LogP contribution in [0.5, 0.6) is 5.75 Å². The fourth-order valence-corrected chi connectivity index (χ4v) is 3.61. The fraction of sp³-hybridized carbons (Fsp3) is 0.526. The van der Waals surface area contributed by atoms with Gasteiger partial charge in [-0.15, -0.1) is 0 Å². The third-order valence-electron chi connectivity index (χ3n) is 5.32. The van der Waals surface area contributed by atoms with Crippen molar-refractivity contribution in [2.24, 2.45) is 5.92 Å². The van der Waals surface area contributed by atoms with E-state index < -0.39 is 0 Å². The second kappa shape index (κ2) is 7.07. The molecule has 0 spiro atoms. The Bertz CT molecular complexity index is 767. The van der Waals surface area contributed by atoms with Gasteiger partial charge in [-0.05, 0) is 44.4 Å². The van der Waals surface area contributed by atoms with E-state index in [9.17, 15) is 9.90 Å². The summed E-state index contributed by atoms with van der Waals surface area (Å²) in [5, 5.41) is 13.9. The summed E-state index contributed by atoms with van der Waals surface area (Å²) in [6.45, 7) is 3.66. The molecule has 0 bridgehead atoms. The maximum absolute atomic E-state index is 13.0. The zero-order valence-electron chi connectivity index (χ0n) is 14.9. The third kappa shape index (κ3) is 3.44. The summed E-state index contributed by atoms with van der Waals surface area (Å²) in [6.07, 6.45) is 5.06. The van der Waals surface area contributed by atoms with E-state index in [2.05, 4.69) is 10.1 Å². The maximum atomic E-state index is 13.0. The topological polar surface area (TPSA) is 80.5 Å². The number of rotatable bonds is 4. The Morgan fingerprint density at radius 1 is 1.35 bits per heavy atom. The van der Waals surface area contributed by atoms with Crippen molar-refractivity contribution in [2.75, 3.05) is 6.61 Å². The molecule has 7 nitrogen and oxygen atoms in total. The summed E-state index contributed by atoms with van der Waals surface area (Å²) in [6, 6.07) is 5.75. The van der Waals surface area contributed by atoms with Crippen molar-refractivity contribution in [3.8, 4) is 5.75 Å². The van der Waals surface area contributed by atoms with Crippen LogP contribution in [0, 0.1) is 12.8 Å². The number of aliphatic hydroxyl groups is 1. The minimum absolute atomic E-state index is 0.0248. The van der Waals surface area contributed by atoms with Crippen molar-refractivity contribution in [1.82, 2.24) is 19.7 Å². The lowest BCUT2D eigenvalue weighted by Gasteiger charge is -2.37. The van der Waals surface area contributed by atoms with Crippen LogP contribution in [0.1, 0.15) is 30.7 Å². The first kappa shape index (κ1) is 17.0. The van der Waals surface area contributed by atoms with Gasteiger partial charge in [0.2, 0.25) is 5.91 Å². The highest BCUT2D eigenvalue weighted by Crippen LogP contribution is 2.31. The molecule has 1 unspecified atom stereocenters. The zero-order chi connectivity index (χ0) is 18.1. The van der Waals surface area contributed by atoms with E-state index in [4.69, 9.17) is 4.74 Å². The highest BCUT2D eigenvalue weighted by molar-refractivity contribution is 5.80. The molecule has 1 atom stereocenters. The molecule has 1 aliphatic carbocycles. The van der Waals surface area contributed by atoms with E-state index in [1.54, 1.807) is 12.4 Å². The number of carbonyl (C=O) groups is 1. The molecule has 2 aliphatic rings. The molecule has 2 aromatic heterocycles. The lowest BCUT2D eigenvalue weighted by atomic mass is 9.81. The predicted octanol–water partition coefficient (Wildman–Crippen LogP) is 1.54. The van der Waals surface area contributed by atoms with Gasteiger partial charge in [0, 0.05) is 24.4 Å². The fourth-order valence-electron chi connectivity index (χ4n) is 3.61. The zero-order valence-corrected chi connectivity index (χ0v) is 14.9. The number of nitrogens with zero attached hydrogens (tertiary/aromatic N) is 4. The monoisotopic (exact) mass is 356 g/mol. The Hall–Kier alpha value is -2.41. The average molecular weight is 356 g/mol. The number of aromatic nitrogens is 3. The molecule has 1 aliphatic heterocycles. The maximum Gasteiger partial charge on any atom is 0.226 e. The Morgan fingerprint density at radius 2 is 2.19 bits per heavy atom. The van der Waals surface area contributed by atoms with Crippen molar-refractivity contribution in [2.45, 2.75) is 51.4 Å². The molecule has 4 rings (SSSR count). The molecule has 7 heteroatoms. The van der Waals surface area contributed by atoms with Crippen molar-refractivity contribution in [3.05, 3.63) is 42.0 Å². The van der Waals surface area contributed by atoms with Crippen LogP contribution in [-0.2, 0) is 17.9 Å². The van der Waals surface area contributed by atoms with Crippen LogP contribution in [0.4, 0.5) is 0 Å². The quantitative estimate of drug-likeness (QED) is 0.899. The predicted molar refractivity (Wildman–Crippen MR) is 94.4 cm³/mol. The molecular weight excluding hydrogens is 332 g/mol. The first-order chi connectivity index (χ1) is 12.6. The van der Waals surface area contributed by atoms with Crippen LogP contribution >= 0.6 is 0 Å². The van der Waals surface area contributed by atoms with Crippen LogP contribution in [0.15, 0.2) is 30.6 Å². The largest absolute Gasteiger partial charge is 0.490 e. The van der Waals surface area contributed by atoms with Gasteiger partial charge in [0.1, 0.15) is 12.4 Å². The number of hydrogen-bond acceptors (Lipinski definition) is 5. The van der Waals surface area contributed by atoms with Crippen LogP contribution in [0.2, 0.25) is 0 Å². The molecule has 1 amide bonds. The van der Waals surface area contributed by atoms with Gasteiger partial charge in [-0.2, -0.15) is 5.10 Å². The second-order valence-electron chi connectivity index (χ2n) is 7.22. The van der Waals surface area contributed by atoms with E-state index in [1.165, 1.54) is 0 Å². The molecule has 1 N–H and O–H groups in total. The Morgan fingerprint density at radius 3 is 2.92 bits per heavy atom. The van der Waals surface area contributed by atoms with E-state index >= 15 is 0 Å². The third-order valence-corrected chi connectivity index (χ3v) is 5.32. The lowest BCUT2D eigenvalue weighted by Crippen LogP contribution is -2.49. The first-order valence-electron chi connectivity index (χ1n) is 9.15. The summed E-state index contributed by atoms with van der Waals surface area (Å²) in [5.41, 5.74) is 1.98. The SMILES string of the molecule is Cc1ccc(OCC2CCn3nccc3CN2C(=O)C2CC(O)C2)cn1. The molecule has 2 aromatic rings. The Kier molecular flexibility index (Phi) is 4.63. The first-order valence-corrected chi connectivity index (χ1v) is 9.15. The standard InChI is InChI=1S/C19H24N4O3/c1-13-2-3-18(10-20-13)26-12-16-5-7-23-15(4-6-21-23)11-22(16)19(25)14-8-17(24)9-14/h2-4,6,10,14,16-17,24H,5,7-9,11-12H2,1H3. The number of carbonyl (C=O) groups excluding carboxylic acids is 1. The van der Waals surface area contributed by atoms with Gasteiger partial charge in [-0.3, -0.25) is 14.5 Å². The van der Waals surface area contributed by atoms with Crippen molar-refractivity contribution < 1.29 is 14.6 Å². The normalized spacial score (nSPS) is 25.2. The van der Waals surface area contributed by atoms with Gasteiger partial charge in [0.15, 0.2) is 0 Å². The van der Waals surface area contributed by atoms with Crippen LogP contribution in [-0.4, -0.2) is 49.4 Å². The molecular formula is C19H24N4O3. The molecule has 138 valence electrons. The average Bonchev–Trinajstić information content (AvgIpc) is 2.98. The van der Waals surface area contributed by atoms with Gasteiger partial charge in [-0.1, -0.05) is 0 Å². The van der Waals surface area contributed by atoms with Crippen molar-refractivity contribution in [1.29, 1.82) is 0 Å². The summed E-state index contributed by atoms with van der Waals surface area (Å²) in [5.74, 6) is 0.743. The van der Waals surface area contributed by atoms with Crippen molar-refractivity contribution >= 4 is 5.91 Å². The Balaban J connectivity index is 1.49. The number of aliphatic hydroxyl groups excluding tert-OH is 1. The number of fused-ring (bicyclic) bond motifs is 1. The number of hydrogen-bond donors (Lipinski definition) is 1. The van der Waals surface area contributed by atoms with Gasteiger partial charge in [0.25, 0.3) is 0 Å². The van der Waals surface area contributed by atoms with Crippen molar-refractivity contribution in [3.63, 3.8) is 0 Å². The second-order valence-corrected chi connectivity index (χ2v) is 7.22. The van der Waals surface area contributed by atoms with Gasteiger partial charge < -0.3 is 14.7 Å². The number of pyridine rings is 1. The minimum Gasteiger partial charge on any atom is -0.490 e. The molecule has 0 radical (unpaired) electrons. The Labute approximate surface area is 152 Å². The van der Waals surface area contributed by atoms with Crippen LogP contribution in [0.3, 0.4) is 0 Å². The van der Waals surface area contributed by atoms with Gasteiger partial charge in [-0.25, -0.2) is 0 Å². The van der Waals surface area contributed by atoms with Crippen LogP contribution < -0.4 is 4.74 Å². The highest BCUT2D eigenvalue weighted by atomic mass is 16.5.